The van der Waals surface area contributed by atoms with E-state index in [1.54, 1.807) is 6.92 Å². The first-order valence-electron chi connectivity index (χ1n) is 9.41. The molecule has 0 saturated heterocycles. The van der Waals surface area contributed by atoms with Crippen molar-refractivity contribution in [2.75, 3.05) is 11.9 Å². The summed E-state index contributed by atoms with van der Waals surface area (Å²) in [6.07, 6.45) is 1.65. The molecule has 0 atom stereocenters. The monoisotopic (exact) mass is 383 g/mol. The topological polar surface area (TPSA) is 92.9 Å². The number of carbonyl (C=O) groups excluding carboxylic acids is 2. The zero-order chi connectivity index (χ0) is 20.3. The van der Waals surface area contributed by atoms with E-state index in [0.717, 1.165) is 46.5 Å². The number of ether oxygens (including phenoxy) is 1. The summed E-state index contributed by atoms with van der Waals surface area (Å²) in [5.41, 5.74) is 7.42. The van der Waals surface area contributed by atoms with Crippen molar-refractivity contribution in [2.45, 2.75) is 47.0 Å². The molecule has 28 heavy (non-hydrogen) atoms. The second kappa shape index (κ2) is 8.29. The highest BCUT2D eigenvalue weighted by molar-refractivity contribution is 6.09. The molecule has 7 nitrogen and oxygen atoms in total. The molecule has 3 rings (SSSR count). The first kappa shape index (κ1) is 19.7. The maximum Gasteiger partial charge on any atom is 0.427 e. The predicted molar refractivity (Wildman–Crippen MR) is 107 cm³/mol. The standard InChI is InChI=1S/C21H25N3O4/c1-5-27-21(26)24-23-15-7-6-8-17-18(15)14(4)19(28-17)20(25)22-16-11-12(2)9-10-13(16)3/h9-11H,5-8H2,1-4H3,(H,22,25)(H,24,26)/b23-15+. The van der Waals surface area contributed by atoms with Crippen molar-refractivity contribution in [3.05, 3.63) is 52.0 Å². The number of fused-ring (bicyclic) bond motifs is 1. The van der Waals surface area contributed by atoms with Crippen LogP contribution in [0.15, 0.2) is 27.7 Å². The fraction of sp³-hybridized carbons (Fsp3) is 0.381. The second-order valence-corrected chi connectivity index (χ2v) is 6.87. The van der Waals surface area contributed by atoms with Crippen molar-refractivity contribution in [1.29, 1.82) is 0 Å². The lowest BCUT2D eigenvalue weighted by atomic mass is 9.93. The third-order valence-electron chi connectivity index (χ3n) is 4.73. The Bertz CT molecular complexity index is 943. The molecule has 0 aliphatic heterocycles. The van der Waals surface area contributed by atoms with Gasteiger partial charge in [-0.25, -0.2) is 10.2 Å². The van der Waals surface area contributed by atoms with Gasteiger partial charge >= 0.3 is 6.09 Å². The Hall–Kier alpha value is -3.09. The van der Waals surface area contributed by atoms with Gasteiger partial charge in [0.25, 0.3) is 5.91 Å². The summed E-state index contributed by atoms with van der Waals surface area (Å²) in [6.45, 7) is 7.76. The Morgan fingerprint density at radius 1 is 1.21 bits per heavy atom. The molecule has 1 aliphatic carbocycles. The number of nitrogens with zero attached hydrogens (tertiary/aromatic N) is 1. The molecular weight excluding hydrogens is 358 g/mol. The van der Waals surface area contributed by atoms with Gasteiger partial charge < -0.3 is 14.5 Å². The van der Waals surface area contributed by atoms with Crippen molar-refractivity contribution in [1.82, 2.24) is 5.43 Å². The lowest BCUT2D eigenvalue weighted by molar-refractivity contribution is 0.0994. The highest BCUT2D eigenvalue weighted by Crippen LogP contribution is 2.30. The van der Waals surface area contributed by atoms with Crippen LogP contribution in [0.5, 0.6) is 0 Å². The second-order valence-electron chi connectivity index (χ2n) is 6.87. The number of hydrazone groups is 1. The van der Waals surface area contributed by atoms with Crippen molar-refractivity contribution in [3.8, 4) is 0 Å². The van der Waals surface area contributed by atoms with E-state index in [4.69, 9.17) is 9.15 Å². The van der Waals surface area contributed by atoms with Crippen LogP contribution in [0.3, 0.4) is 0 Å². The van der Waals surface area contributed by atoms with Gasteiger partial charge in [0, 0.05) is 23.2 Å². The van der Waals surface area contributed by atoms with E-state index in [9.17, 15) is 9.59 Å². The van der Waals surface area contributed by atoms with Crippen LogP contribution in [0.25, 0.3) is 0 Å². The molecule has 0 radical (unpaired) electrons. The minimum Gasteiger partial charge on any atom is -0.455 e. The fourth-order valence-electron chi connectivity index (χ4n) is 3.32. The molecule has 0 unspecified atom stereocenters. The minimum atomic E-state index is -0.601. The molecule has 7 heteroatoms. The number of benzene rings is 1. The maximum absolute atomic E-state index is 12.8. The quantitative estimate of drug-likeness (QED) is 0.772. The van der Waals surface area contributed by atoms with Crippen LogP contribution >= 0.6 is 0 Å². The van der Waals surface area contributed by atoms with Gasteiger partial charge in [-0.1, -0.05) is 12.1 Å². The van der Waals surface area contributed by atoms with Crippen LogP contribution < -0.4 is 10.7 Å². The van der Waals surface area contributed by atoms with Crippen LogP contribution in [-0.2, 0) is 11.2 Å². The zero-order valence-electron chi connectivity index (χ0n) is 16.6. The number of aryl methyl sites for hydroxylation is 3. The van der Waals surface area contributed by atoms with Gasteiger partial charge in [-0.2, -0.15) is 5.10 Å². The first-order chi connectivity index (χ1) is 13.4. The number of anilines is 1. The summed E-state index contributed by atoms with van der Waals surface area (Å²) in [5.74, 6) is 0.703. The van der Waals surface area contributed by atoms with E-state index in [0.29, 0.717) is 12.1 Å². The lowest BCUT2D eigenvalue weighted by Gasteiger charge is -2.13. The summed E-state index contributed by atoms with van der Waals surface area (Å²) >= 11 is 0. The molecule has 1 aliphatic rings. The molecule has 1 aromatic heterocycles. The van der Waals surface area contributed by atoms with E-state index < -0.39 is 6.09 Å². The molecule has 2 aromatic rings. The summed E-state index contributed by atoms with van der Waals surface area (Å²) < 4.78 is 10.7. The Kier molecular flexibility index (Phi) is 5.82. The van der Waals surface area contributed by atoms with Gasteiger partial charge in [0.1, 0.15) is 5.76 Å². The summed E-state index contributed by atoms with van der Waals surface area (Å²) in [5, 5.41) is 7.12. The number of nitrogens with one attached hydrogen (secondary N) is 2. The van der Waals surface area contributed by atoms with Crippen LogP contribution in [0.1, 0.15) is 58.3 Å². The van der Waals surface area contributed by atoms with Crippen molar-refractivity contribution in [2.24, 2.45) is 5.10 Å². The summed E-state index contributed by atoms with van der Waals surface area (Å²) in [7, 11) is 0. The van der Waals surface area contributed by atoms with Crippen LogP contribution in [-0.4, -0.2) is 24.3 Å². The average Bonchev–Trinajstić information content (AvgIpc) is 3.01. The van der Waals surface area contributed by atoms with E-state index in [-0.39, 0.29) is 18.3 Å². The molecule has 148 valence electrons. The predicted octanol–water partition coefficient (Wildman–Crippen LogP) is 4.24. The number of hydrogen-bond donors (Lipinski definition) is 2. The number of carbonyl (C=O) groups is 2. The van der Waals surface area contributed by atoms with E-state index in [1.165, 1.54) is 0 Å². The molecular formula is C21H25N3O4. The molecule has 0 spiro atoms. The van der Waals surface area contributed by atoms with Crippen molar-refractivity contribution < 1.29 is 18.7 Å². The van der Waals surface area contributed by atoms with Crippen molar-refractivity contribution >= 4 is 23.4 Å². The molecule has 2 N–H and O–H groups in total. The van der Waals surface area contributed by atoms with Crippen molar-refractivity contribution in [3.63, 3.8) is 0 Å². The Morgan fingerprint density at radius 2 is 2.00 bits per heavy atom. The smallest absolute Gasteiger partial charge is 0.427 e. The normalized spacial score (nSPS) is 14.5. The fourth-order valence-corrected chi connectivity index (χ4v) is 3.32. The zero-order valence-corrected chi connectivity index (χ0v) is 16.6. The minimum absolute atomic E-state index is 0.273. The van der Waals surface area contributed by atoms with Crippen LogP contribution in [0.2, 0.25) is 0 Å². The molecule has 2 amide bonds. The SMILES string of the molecule is CCOC(=O)N/N=C1\CCCc2oc(C(=O)Nc3cc(C)ccc3C)c(C)c21. The van der Waals surface area contributed by atoms with E-state index in [1.807, 2.05) is 39.0 Å². The highest BCUT2D eigenvalue weighted by atomic mass is 16.5. The van der Waals surface area contributed by atoms with Gasteiger partial charge in [0.05, 0.1) is 12.3 Å². The Balaban J connectivity index is 1.87. The number of amides is 2. The van der Waals surface area contributed by atoms with Gasteiger partial charge in [-0.15, -0.1) is 0 Å². The van der Waals surface area contributed by atoms with Crippen LogP contribution in [0.4, 0.5) is 10.5 Å². The lowest BCUT2D eigenvalue weighted by Crippen LogP contribution is -2.22. The molecule has 1 heterocycles. The largest absolute Gasteiger partial charge is 0.455 e. The third-order valence-corrected chi connectivity index (χ3v) is 4.73. The van der Waals surface area contributed by atoms with E-state index in [2.05, 4.69) is 15.8 Å². The number of hydrogen-bond acceptors (Lipinski definition) is 5. The average molecular weight is 383 g/mol. The van der Waals surface area contributed by atoms with E-state index >= 15 is 0 Å². The van der Waals surface area contributed by atoms with Gasteiger partial charge in [0.2, 0.25) is 0 Å². The van der Waals surface area contributed by atoms with Crippen LogP contribution in [0, 0.1) is 20.8 Å². The van der Waals surface area contributed by atoms with Gasteiger partial charge in [0.15, 0.2) is 5.76 Å². The third kappa shape index (κ3) is 4.08. The molecule has 0 fully saturated rings. The Morgan fingerprint density at radius 3 is 2.75 bits per heavy atom. The first-order valence-corrected chi connectivity index (χ1v) is 9.41. The summed E-state index contributed by atoms with van der Waals surface area (Å²) in [6, 6.07) is 5.90. The van der Waals surface area contributed by atoms with Gasteiger partial charge in [-0.3, -0.25) is 4.79 Å². The molecule has 1 aromatic carbocycles. The Labute approximate surface area is 164 Å². The number of rotatable bonds is 4. The molecule has 0 saturated carbocycles. The molecule has 0 bridgehead atoms. The highest BCUT2D eigenvalue weighted by Gasteiger charge is 2.28. The number of furan rings is 1. The van der Waals surface area contributed by atoms with Gasteiger partial charge in [-0.05, 0) is 57.7 Å². The maximum atomic E-state index is 12.8. The summed E-state index contributed by atoms with van der Waals surface area (Å²) in [4.78, 5) is 24.4.